The summed E-state index contributed by atoms with van der Waals surface area (Å²) >= 11 is 11.8. The van der Waals surface area contributed by atoms with Crippen molar-refractivity contribution in [3.8, 4) is 6.07 Å². The summed E-state index contributed by atoms with van der Waals surface area (Å²) in [6.45, 7) is 2.12. The van der Waals surface area contributed by atoms with E-state index >= 15 is 0 Å². The molecule has 0 radical (unpaired) electrons. The second-order valence-corrected chi connectivity index (χ2v) is 4.53. The molecule has 1 rings (SSSR count). The van der Waals surface area contributed by atoms with Gasteiger partial charge in [-0.2, -0.15) is 5.26 Å². The number of unbranched alkanes of at least 4 members (excludes halogenated alkanes) is 1. The highest BCUT2D eigenvalue weighted by Crippen LogP contribution is 2.27. The minimum absolute atomic E-state index is 0.398. The zero-order valence-electron chi connectivity index (χ0n) is 8.63. The lowest BCUT2D eigenvalue weighted by atomic mass is 9.96. The van der Waals surface area contributed by atoms with Crippen molar-refractivity contribution in [2.75, 3.05) is 0 Å². The first-order valence-electron chi connectivity index (χ1n) is 4.96. The Morgan fingerprint density at radius 1 is 1.27 bits per heavy atom. The Labute approximate surface area is 101 Å². The molecule has 0 saturated heterocycles. The summed E-state index contributed by atoms with van der Waals surface area (Å²) in [7, 11) is 0. The average molecular weight is 242 g/mol. The number of rotatable bonds is 4. The SMILES string of the molecule is CC(CCCC#N)c1cc(Cl)cc(Cl)c1. The second-order valence-electron chi connectivity index (χ2n) is 3.65. The Morgan fingerprint density at radius 2 is 1.87 bits per heavy atom. The van der Waals surface area contributed by atoms with Crippen LogP contribution in [0.4, 0.5) is 0 Å². The Bertz CT molecular complexity index is 348. The summed E-state index contributed by atoms with van der Waals surface area (Å²) in [6.07, 6.45) is 2.52. The van der Waals surface area contributed by atoms with Crippen LogP contribution >= 0.6 is 23.2 Å². The molecule has 15 heavy (non-hydrogen) atoms. The summed E-state index contributed by atoms with van der Waals surface area (Å²) in [4.78, 5) is 0. The molecule has 0 heterocycles. The fourth-order valence-corrected chi connectivity index (χ4v) is 2.06. The molecule has 3 heteroatoms. The van der Waals surface area contributed by atoms with Crippen molar-refractivity contribution in [1.29, 1.82) is 5.26 Å². The minimum atomic E-state index is 0.398. The van der Waals surface area contributed by atoms with Crippen LogP contribution in [0, 0.1) is 11.3 Å². The molecular formula is C12H13Cl2N. The fraction of sp³-hybridized carbons (Fsp3) is 0.417. The maximum Gasteiger partial charge on any atom is 0.0621 e. The number of hydrogen-bond donors (Lipinski definition) is 0. The van der Waals surface area contributed by atoms with Crippen LogP contribution in [0.25, 0.3) is 0 Å². The average Bonchev–Trinajstić information content (AvgIpc) is 2.16. The van der Waals surface area contributed by atoms with E-state index in [4.69, 9.17) is 28.5 Å². The van der Waals surface area contributed by atoms with Crippen molar-refractivity contribution in [2.24, 2.45) is 0 Å². The molecule has 0 aliphatic rings. The summed E-state index contributed by atoms with van der Waals surface area (Å²) in [6, 6.07) is 7.75. The summed E-state index contributed by atoms with van der Waals surface area (Å²) in [5.41, 5.74) is 1.14. The van der Waals surface area contributed by atoms with E-state index in [2.05, 4.69) is 13.0 Å². The molecule has 1 nitrogen and oxygen atoms in total. The summed E-state index contributed by atoms with van der Waals surface area (Å²) in [5.74, 6) is 0.398. The van der Waals surface area contributed by atoms with Gasteiger partial charge in [-0.3, -0.25) is 0 Å². The molecule has 0 saturated carbocycles. The molecule has 0 amide bonds. The molecule has 0 aliphatic carbocycles. The van der Waals surface area contributed by atoms with Gasteiger partial charge in [0.15, 0.2) is 0 Å². The minimum Gasteiger partial charge on any atom is -0.198 e. The normalized spacial score (nSPS) is 12.1. The van der Waals surface area contributed by atoms with Crippen LogP contribution in [-0.2, 0) is 0 Å². The third-order valence-corrected chi connectivity index (χ3v) is 2.82. The third-order valence-electron chi connectivity index (χ3n) is 2.38. The molecule has 0 aromatic heterocycles. The zero-order valence-corrected chi connectivity index (χ0v) is 10.1. The van der Waals surface area contributed by atoms with Crippen LogP contribution in [0.15, 0.2) is 18.2 Å². The van der Waals surface area contributed by atoms with E-state index in [0.717, 1.165) is 18.4 Å². The monoisotopic (exact) mass is 241 g/mol. The molecule has 1 atom stereocenters. The second kappa shape index (κ2) is 6.00. The maximum absolute atomic E-state index is 8.45. The van der Waals surface area contributed by atoms with Gasteiger partial charge in [-0.1, -0.05) is 30.1 Å². The number of nitriles is 1. The van der Waals surface area contributed by atoms with Crippen molar-refractivity contribution in [1.82, 2.24) is 0 Å². The topological polar surface area (TPSA) is 23.8 Å². The first kappa shape index (κ1) is 12.4. The van der Waals surface area contributed by atoms with Crippen LogP contribution in [0.1, 0.15) is 37.7 Å². The van der Waals surface area contributed by atoms with Crippen molar-refractivity contribution in [3.05, 3.63) is 33.8 Å². The van der Waals surface area contributed by atoms with E-state index < -0.39 is 0 Å². The smallest absolute Gasteiger partial charge is 0.0621 e. The standard InChI is InChI=1S/C12H13Cl2N/c1-9(4-2-3-5-15)10-6-11(13)8-12(14)7-10/h6-9H,2-4H2,1H3. The van der Waals surface area contributed by atoms with Crippen LogP contribution in [-0.4, -0.2) is 0 Å². The van der Waals surface area contributed by atoms with Crippen LogP contribution in [0.5, 0.6) is 0 Å². The number of halogens is 2. The predicted octanol–water partition coefficient (Wildman–Crippen LogP) is 4.79. The molecule has 80 valence electrons. The quantitative estimate of drug-likeness (QED) is 0.696. The Balaban J connectivity index is 2.65. The van der Waals surface area contributed by atoms with Gasteiger partial charge >= 0.3 is 0 Å². The van der Waals surface area contributed by atoms with Gasteiger partial charge in [-0.15, -0.1) is 0 Å². The van der Waals surface area contributed by atoms with Gasteiger partial charge in [0.05, 0.1) is 6.07 Å². The highest BCUT2D eigenvalue weighted by Gasteiger charge is 2.07. The van der Waals surface area contributed by atoms with E-state index in [1.807, 2.05) is 12.1 Å². The summed E-state index contributed by atoms with van der Waals surface area (Å²) < 4.78 is 0. The summed E-state index contributed by atoms with van der Waals surface area (Å²) in [5, 5.41) is 9.79. The highest BCUT2D eigenvalue weighted by atomic mass is 35.5. The van der Waals surface area contributed by atoms with Crippen LogP contribution in [0.2, 0.25) is 10.0 Å². The molecule has 0 N–H and O–H groups in total. The number of hydrogen-bond acceptors (Lipinski definition) is 1. The van der Waals surface area contributed by atoms with Gasteiger partial charge in [-0.05, 0) is 42.5 Å². The lowest BCUT2D eigenvalue weighted by molar-refractivity contribution is 0.643. The van der Waals surface area contributed by atoms with Crippen LogP contribution in [0.3, 0.4) is 0 Å². The predicted molar refractivity (Wildman–Crippen MR) is 64.3 cm³/mol. The van der Waals surface area contributed by atoms with E-state index in [9.17, 15) is 0 Å². The molecular weight excluding hydrogens is 229 g/mol. The fourth-order valence-electron chi connectivity index (χ4n) is 1.51. The Hall–Kier alpha value is -0.710. The maximum atomic E-state index is 8.45. The molecule has 1 aromatic rings. The van der Waals surface area contributed by atoms with Crippen LogP contribution < -0.4 is 0 Å². The van der Waals surface area contributed by atoms with E-state index in [0.29, 0.717) is 22.4 Å². The van der Waals surface area contributed by atoms with Gasteiger partial charge in [0.1, 0.15) is 0 Å². The van der Waals surface area contributed by atoms with Gasteiger partial charge in [0.2, 0.25) is 0 Å². The van der Waals surface area contributed by atoms with Gasteiger partial charge in [-0.25, -0.2) is 0 Å². The van der Waals surface area contributed by atoms with E-state index in [1.165, 1.54) is 0 Å². The van der Waals surface area contributed by atoms with Gasteiger partial charge < -0.3 is 0 Å². The first-order chi connectivity index (χ1) is 7.13. The lowest BCUT2D eigenvalue weighted by Gasteiger charge is -2.11. The Morgan fingerprint density at radius 3 is 2.40 bits per heavy atom. The van der Waals surface area contributed by atoms with Gasteiger partial charge in [0, 0.05) is 16.5 Å². The highest BCUT2D eigenvalue weighted by molar-refractivity contribution is 6.34. The molecule has 0 bridgehead atoms. The number of benzene rings is 1. The third kappa shape index (κ3) is 4.11. The lowest BCUT2D eigenvalue weighted by Crippen LogP contribution is -1.93. The molecule has 0 spiro atoms. The molecule has 1 aromatic carbocycles. The van der Waals surface area contributed by atoms with Crippen molar-refractivity contribution in [2.45, 2.75) is 32.1 Å². The largest absolute Gasteiger partial charge is 0.198 e. The number of nitrogens with zero attached hydrogens (tertiary/aromatic N) is 1. The first-order valence-corrected chi connectivity index (χ1v) is 5.72. The molecule has 0 fully saturated rings. The van der Waals surface area contributed by atoms with E-state index in [-0.39, 0.29) is 0 Å². The molecule has 0 aliphatic heterocycles. The van der Waals surface area contributed by atoms with Crippen molar-refractivity contribution in [3.63, 3.8) is 0 Å². The van der Waals surface area contributed by atoms with Gasteiger partial charge in [0.25, 0.3) is 0 Å². The Kier molecular flexibility index (Phi) is 4.94. The van der Waals surface area contributed by atoms with Crippen molar-refractivity contribution >= 4 is 23.2 Å². The zero-order chi connectivity index (χ0) is 11.3. The molecule has 1 unspecified atom stereocenters. The van der Waals surface area contributed by atoms with Crippen molar-refractivity contribution < 1.29 is 0 Å². The van der Waals surface area contributed by atoms with E-state index in [1.54, 1.807) is 6.07 Å².